The van der Waals surface area contributed by atoms with Crippen LogP contribution in [0.25, 0.3) is 0 Å². The van der Waals surface area contributed by atoms with Gasteiger partial charge in [-0.05, 0) is 57.4 Å². The summed E-state index contributed by atoms with van der Waals surface area (Å²) in [7, 11) is 0. The van der Waals surface area contributed by atoms with Crippen molar-refractivity contribution in [1.29, 1.82) is 0 Å². The average Bonchev–Trinajstić information content (AvgIpc) is 2.66. The van der Waals surface area contributed by atoms with Crippen molar-refractivity contribution in [1.82, 2.24) is 15.5 Å². The number of alkyl halides is 3. The Morgan fingerprint density at radius 2 is 2.00 bits per heavy atom. The molecule has 1 aliphatic heterocycles. The summed E-state index contributed by atoms with van der Waals surface area (Å²) in [5, 5.41) is 15.9. The second-order valence-corrected chi connectivity index (χ2v) is 7.18. The molecule has 9 heteroatoms. The Kier molecular flexibility index (Phi) is 11.3. The Bertz CT molecular complexity index is 634. The van der Waals surface area contributed by atoms with Crippen molar-refractivity contribution < 1.29 is 18.3 Å². The first-order valence-electron chi connectivity index (χ1n) is 9.92. The second-order valence-electron chi connectivity index (χ2n) is 7.18. The number of hydrogen-bond acceptors (Lipinski definition) is 3. The number of nitrogens with zero attached hydrogens (tertiary/aromatic N) is 2. The van der Waals surface area contributed by atoms with E-state index < -0.39 is 11.7 Å². The molecule has 1 atom stereocenters. The quantitative estimate of drug-likeness (QED) is 0.218. The molecule has 0 aliphatic carbocycles. The summed E-state index contributed by atoms with van der Waals surface area (Å²) < 4.78 is 38.8. The Labute approximate surface area is 188 Å². The third-order valence-corrected chi connectivity index (χ3v) is 4.87. The highest BCUT2D eigenvalue weighted by molar-refractivity contribution is 14.0. The largest absolute Gasteiger partial charge is 0.416 e. The number of benzene rings is 1. The van der Waals surface area contributed by atoms with E-state index in [1.807, 2.05) is 13.8 Å². The molecule has 0 aromatic heterocycles. The highest BCUT2D eigenvalue weighted by atomic mass is 127. The van der Waals surface area contributed by atoms with Crippen LogP contribution in [0.15, 0.2) is 29.3 Å². The molecule has 29 heavy (non-hydrogen) atoms. The summed E-state index contributed by atoms with van der Waals surface area (Å²) in [5.41, 5.74) is -0.0838. The number of hydrogen-bond donors (Lipinski definition) is 3. The minimum Gasteiger partial charge on any atom is -0.393 e. The van der Waals surface area contributed by atoms with Crippen molar-refractivity contribution in [3.8, 4) is 0 Å². The van der Waals surface area contributed by atoms with Crippen LogP contribution in [0.2, 0.25) is 0 Å². The molecule has 1 unspecified atom stereocenters. The lowest BCUT2D eigenvalue weighted by atomic mass is 10.1. The Morgan fingerprint density at radius 3 is 2.62 bits per heavy atom. The smallest absolute Gasteiger partial charge is 0.393 e. The molecule has 2 rings (SSSR count). The van der Waals surface area contributed by atoms with Crippen LogP contribution in [0.1, 0.15) is 50.3 Å². The summed E-state index contributed by atoms with van der Waals surface area (Å²) in [6.45, 7) is 7.83. The number of piperidine rings is 1. The molecule has 166 valence electrons. The van der Waals surface area contributed by atoms with Gasteiger partial charge in [0.1, 0.15) is 0 Å². The van der Waals surface area contributed by atoms with Gasteiger partial charge in [-0.25, -0.2) is 0 Å². The molecule has 1 saturated heterocycles. The molecule has 5 nitrogen and oxygen atoms in total. The van der Waals surface area contributed by atoms with Gasteiger partial charge in [0, 0.05) is 26.2 Å². The van der Waals surface area contributed by atoms with Crippen molar-refractivity contribution in [3.05, 3.63) is 35.4 Å². The molecular formula is C20H32F3IN4O. The molecule has 1 fully saturated rings. The van der Waals surface area contributed by atoms with Gasteiger partial charge >= 0.3 is 6.18 Å². The molecule has 3 N–H and O–H groups in total. The van der Waals surface area contributed by atoms with E-state index >= 15 is 0 Å². The van der Waals surface area contributed by atoms with Crippen LogP contribution in [0.4, 0.5) is 13.2 Å². The monoisotopic (exact) mass is 528 g/mol. The molecule has 0 saturated carbocycles. The molecule has 0 spiro atoms. The lowest BCUT2D eigenvalue weighted by molar-refractivity contribution is -0.137. The zero-order chi connectivity index (χ0) is 20.6. The minimum atomic E-state index is -4.35. The van der Waals surface area contributed by atoms with Crippen molar-refractivity contribution >= 4 is 29.9 Å². The van der Waals surface area contributed by atoms with Crippen molar-refractivity contribution in [3.63, 3.8) is 0 Å². The zero-order valence-electron chi connectivity index (χ0n) is 17.0. The maximum atomic E-state index is 12.9. The normalized spacial score (nSPS) is 17.5. The number of likely N-dealkylation sites (tertiary alicyclic amines) is 1. The van der Waals surface area contributed by atoms with Gasteiger partial charge in [-0.2, -0.15) is 13.2 Å². The van der Waals surface area contributed by atoms with Crippen molar-refractivity contribution in [2.75, 3.05) is 32.7 Å². The number of rotatable bonds is 7. The highest BCUT2D eigenvalue weighted by Gasteiger charge is 2.30. The first-order chi connectivity index (χ1) is 13.3. The Balaban J connectivity index is 0.00000420. The molecule has 0 bridgehead atoms. The van der Waals surface area contributed by atoms with E-state index in [0.29, 0.717) is 24.6 Å². The van der Waals surface area contributed by atoms with Crippen LogP contribution >= 0.6 is 24.0 Å². The van der Waals surface area contributed by atoms with Crippen LogP contribution in [-0.4, -0.2) is 54.8 Å². The van der Waals surface area contributed by atoms with Crippen LogP contribution in [0, 0.1) is 0 Å². The summed E-state index contributed by atoms with van der Waals surface area (Å²) >= 11 is 0. The number of halogens is 4. The number of aliphatic hydroxyl groups is 1. The third-order valence-electron chi connectivity index (χ3n) is 4.87. The fraction of sp³-hybridized carbons (Fsp3) is 0.650. The fourth-order valence-electron chi connectivity index (χ4n) is 3.22. The second kappa shape index (κ2) is 12.6. The van der Waals surface area contributed by atoms with E-state index in [9.17, 15) is 18.3 Å². The molecule has 1 heterocycles. The number of guanidine groups is 1. The fourth-order valence-corrected chi connectivity index (χ4v) is 3.22. The van der Waals surface area contributed by atoms with E-state index in [-0.39, 0.29) is 36.1 Å². The molecule has 1 aromatic rings. The van der Waals surface area contributed by atoms with Crippen molar-refractivity contribution in [2.45, 2.75) is 51.4 Å². The van der Waals surface area contributed by atoms with Gasteiger partial charge in [-0.3, -0.25) is 4.99 Å². The maximum absolute atomic E-state index is 12.9. The minimum absolute atomic E-state index is 0. The van der Waals surface area contributed by atoms with Crippen LogP contribution in [-0.2, 0) is 6.18 Å². The van der Waals surface area contributed by atoms with Gasteiger partial charge in [0.25, 0.3) is 0 Å². The summed E-state index contributed by atoms with van der Waals surface area (Å²) in [6.07, 6.45) is -1.98. The van der Waals surface area contributed by atoms with Crippen LogP contribution in [0.3, 0.4) is 0 Å². The van der Waals surface area contributed by atoms with Gasteiger partial charge in [0.05, 0.1) is 17.7 Å². The average molecular weight is 528 g/mol. The summed E-state index contributed by atoms with van der Waals surface area (Å²) in [5.74, 6) is 0.599. The topological polar surface area (TPSA) is 59.9 Å². The number of aliphatic hydroxyl groups excluding tert-OH is 1. The summed E-state index contributed by atoms with van der Waals surface area (Å²) in [6, 6.07) is 5.06. The predicted octanol–water partition coefficient (Wildman–Crippen LogP) is 3.79. The Morgan fingerprint density at radius 1 is 1.31 bits per heavy atom. The van der Waals surface area contributed by atoms with Gasteiger partial charge in [-0.1, -0.05) is 12.1 Å². The molecule has 1 aliphatic rings. The van der Waals surface area contributed by atoms with Gasteiger partial charge in [0.15, 0.2) is 5.96 Å². The van der Waals surface area contributed by atoms with E-state index in [2.05, 4.69) is 20.5 Å². The Hall–Kier alpha value is -1.07. The number of aliphatic imine (C=N–C) groups is 1. The van der Waals surface area contributed by atoms with Crippen LogP contribution in [0.5, 0.6) is 0 Å². The SMILES string of the molecule is CCNC(=NCCCN1CCC(O)CC1)NC(C)c1cccc(C(F)(F)F)c1.I. The first-order valence-corrected chi connectivity index (χ1v) is 9.92. The van der Waals surface area contributed by atoms with Gasteiger partial charge in [-0.15, -0.1) is 24.0 Å². The molecule has 1 aromatic carbocycles. The molecule has 0 radical (unpaired) electrons. The third kappa shape index (κ3) is 9.08. The maximum Gasteiger partial charge on any atom is 0.416 e. The standard InChI is InChI=1S/C20H31F3N4O.HI/c1-3-24-19(25-10-5-11-27-12-8-18(28)9-13-27)26-15(2)16-6-4-7-17(14-16)20(21,22)23;/h4,6-7,14-15,18,28H,3,5,8-13H2,1-2H3,(H2,24,25,26);1H. The highest BCUT2D eigenvalue weighted by Crippen LogP contribution is 2.30. The van der Waals surface area contributed by atoms with E-state index in [1.54, 1.807) is 6.07 Å². The first kappa shape index (κ1) is 26.0. The van der Waals surface area contributed by atoms with Gasteiger partial charge < -0.3 is 20.6 Å². The van der Waals surface area contributed by atoms with E-state index in [4.69, 9.17) is 0 Å². The van der Waals surface area contributed by atoms with Gasteiger partial charge in [0.2, 0.25) is 0 Å². The lowest BCUT2D eigenvalue weighted by Gasteiger charge is -2.29. The lowest BCUT2D eigenvalue weighted by Crippen LogP contribution is -2.39. The molecular weight excluding hydrogens is 496 g/mol. The number of nitrogens with one attached hydrogen (secondary N) is 2. The summed E-state index contributed by atoms with van der Waals surface area (Å²) in [4.78, 5) is 6.87. The predicted molar refractivity (Wildman–Crippen MR) is 121 cm³/mol. The van der Waals surface area contributed by atoms with E-state index in [1.165, 1.54) is 12.1 Å². The zero-order valence-corrected chi connectivity index (χ0v) is 19.3. The van der Waals surface area contributed by atoms with Crippen LogP contribution < -0.4 is 10.6 Å². The molecule has 0 amide bonds. The van der Waals surface area contributed by atoms with E-state index in [0.717, 1.165) is 45.0 Å². The van der Waals surface area contributed by atoms with Crippen molar-refractivity contribution in [2.24, 2.45) is 4.99 Å².